The van der Waals surface area contributed by atoms with Crippen LogP contribution >= 0.6 is 0 Å². The van der Waals surface area contributed by atoms with E-state index in [2.05, 4.69) is 0 Å². The predicted octanol–water partition coefficient (Wildman–Crippen LogP) is -0.139. The quantitative estimate of drug-likeness (QED) is 0.734. The molecule has 5 nitrogen and oxygen atoms in total. The van der Waals surface area contributed by atoms with Gasteiger partial charge in [-0.1, -0.05) is 0 Å². The molecule has 100 valence electrons. The maximum absolute atomic E-state index is 11.8. The number of rotatable bonds is 4. The summed E-state index contributed by atoms with van der Waals surface area (Å²) in [5.74, 6) is -1.41. The first kappa shape index (κ1) is 15.7. The van der Waals surface area contributed by atoms with Gasteiger partial charge >= 0.3 is 6.18 Å². The summed E-state index contributed by atoms with van der Waals surface area (Å²) in [5, 5.41) is 1.66. The summed E-state index contributed by atoms with van der Waals surface area (Å²) in [4.78, 5) is 23.6. The van der Waals surface area contributed by atoms with E-state index in [4.69, 9.17) is 5.73 Å². The number of hydrogen-bond acceptors (Lipinski definition) is 3. The Bertz CT molecular complexity index is 297. The van der Waals surface area contributed by atoms with E-state index in [0.717, 1.165) is 4.90 Å². The molecule has 0 fully saturated rings. The lowest BCUT2D eigenvalue weighted by molar-refractivity contribution is -0.143. The molecule has 0 unspecified atom stereocenters. The normalized spacial score (nSPS) is 12.2. The largest absolute Gasteiger partial charge is 0.405 e. The van der Waals surface area contributed by atoms with Crippen molar-refractivity contribution in [3.8, 4) is 0 Å². The summed E-state index contributed by atoms with van der Waals surface area (Å²) in [6.45, 7) is 1.01. The molecule has 0 aliphatic heterocycles. The highest BCUT2D eigenvalue weighted by Crippen LogP contribution is 2.12. The van der Waals surface area contributed by atoms with Gasteiger partial charge in [-0.3, -0.25) is 9.59 Å². The van der Waals surface area contributed by atoms with Gasteiger partial charge in [0.1, 0.15) is 6.54 Å². The molecule has 0 atom stereocenters. The van der Waals surface area contributed by atoms with Gasteiger partial charge in [-0.25, -0.2) is 0 Å². The van der Waals surface area contributed by atoms with E-state index in [1.165, 1.54) is 20.9 Å². The SMILES string of the molecule is CN(CC(=O)NCC(F)(F)F)C(=O)C(C)(C)N. The van der Waals surface area contributed by atoms with Crippen molar-refractivity contribution >= 4 is 11.8 Å². The van der Waals surface area contributed by atoms with E-state index in [-0.39, 0.29) is 0 Å². The zero-order chi connectivity index (χ0) is 13.9. The smallest absolute Gasteiger partial charge is 0.345 e. The number of nitrogens with two attached hydrogens (primary N) is 1. The number of hydrogen-bond donors (Lipinski definition) is 2. The highest BCUT2D eigenvalue weighted by Gasteiger charge is 2.29. The van der Waals surface area contributed by atoms with Crippen LogP contribution in [0.15, 0.2) is 0 Å². The molecular formula is C9H16F3N3O2. The standard InChI is InChI=1S/C9H16F3N3O2/c1-8(2,13)7(17)15(3)4-6(16)14-5-9(10,11)12/h4-5,13H2,1-3H3,(H,14,16). The molecule has 3 N–H and O–H groups in total. The summed E-state index contributed by atoms with van der Waals surface area (Å²) in [7, 11) is 1.30. The van der Waals surface area contributed by atoms with Crippen LogP contribution in [-0.4, -0.2) is 48.6 Å². The molecule has 0 saturated heterocycles. The van der Waals surface area contributed by atoms with Crippen molar-refractivity contribution in [3.63, 3.8) is 0 Å². The molecule has 0 radical (unpaired) electrons. The molecule has 2 amide bonds. The fraction of sp³-hybridized carbons (Fsp3) is 0.778. The van der Waals surface area contributed by atoms with Crippen molar-refractivity contribution in [2.75, 3.05) is 20.1 Å². The molecule has 0 aromatic heterocycles. The third-order valence-electron chi connectivity index (χ3n) is 1.76. The van der Waals surface area contributed by atoms with Crippen molar-refractivity contribution in [1.82, 2.24) is 10.2 Å². The second kappa shape index (κ2) is 5.35. The number of alkyl halides is 3. The van der Waals surface area contributed by atoms with E-state index >= 15 is 0 Å². The number of carbonyl (C=O) groups is 2. The van der Waals surface area contributed by atoms with Gasteiger partial charge in [0.2, 0.25) is 11.8 Å². The molecule has 17 heavy (non-hydrogen) atoms. The fourth-order valence-corrected chi connectivity index (χ4v) is 1.03. The molecule has 0 rings (SSSR count). The third-order valence-corrected chi connectivity index (χ3v) is 1.76. The van der Waals surface area contributed by atoms with Crippen LogP contribution in [0.5, 0.6) is 0 Å². The molecule has 0 aliphatic rings. The third kappa shape index (κ3) is 6.77. The highest BCUT2D eigenvalue weighted by molar-refractivity contribution is 5.89. The average molecular weight is 255 g/mol. The second-order valence-corrected chi connectivity index (χ2v) is 4.27. The number of amides is 2. The van der Waals surface area contributed by atoms with Gasteiger partial charge in [0, 0.05) is 7.05 Å². The van der Waals surface area contributed by atoms with Crippen LogP contribution in [-0.2, 0) is 9.59 Å². The van der Waals surface area contributed by atoms with Crippen LogP contribution < -0.4 is 11.1 Å². The Kier molecular flexibility index (Phi) is 4.94. The van der Waals surface area contributed by atoms with Crippen LogP contribution in [0, 0.1) is 0 Å². The van der Waals surface area contributed by atoms with Crippen molar-refractivity contribution in [2.24, 2.45) is 5.73 Å². The van der Waals surface area contributed by atoms with Gasteiger partial charge in [-0.15, -0.1) is 0 Å². The first-order valence-electron chi connectivity index (χ1n) is 4.81. The average Bonchev–Trinajstić information content (AvgIpc) is 2.10. The lowest BCUT2D eigenvalue weighted by Crippen LogP contribution is -2.52. The predicted molar refractivity (Wildman–Crippen MR) is 55.0 cm³/mol. The molecule has 0 aromatic rings. The van der Waals surface area contributed by atoms with Crippen molar-refractivity contribution in [1.29, 1.82) is 0 Å². The number of nitrogens with zero attached hydrogens (tertiary/aromatic N) is 1. The highest BCUT2D eigenvalue weighted by atomic mass is 19.4. The zero-order valence-corrected chi connectivity index (χ0v) is 9.89. The topological polar surface area (TPSA) is 75.4 Å². The van der Waals surface area contributed by atoms with Gasteiger partial charge in [-0.2, -0.15) is 13.2 Å². The van der Waals surface area contributed by atoms with Gasteiger partial charge in [0.05, 0.1) is 12.1 Å². The summed E-state index contributed by atoms with van der Waals surface area (Å²) in [5.41, 5.74) is 4.33. The van der Waals surface area contributed by atoms with E-state index in [9.17, 15) is 22.8 Å². The van der Waals surface area contributed by atoms with Crippen molar-refractivity contribution in [2.45, 2.75) is 25.6 Å². The van der Waals surface area contributed by atoms with Crippen LogP contribution in [0.3, 0.4) is 0 Å². The first-order chi connectivity index (χ1) is 7.43. The van der Waals surface area contributed by atoms with Gasteiger partial charge in [0.15, 0.2) is 0 Å². The molecule has 8 heteroatoms. The molecule has 0 aromatic carbocycles. The maximum atomic E-state index is 11.8. The number of likely N-dealkylation sites (N-methyl/N-ethyl adjacent to an activating group) is 1. The van der Waals surface area contributed by atoms with Crippen molar-refractivity contribution in [3.05, 3.63) is 0 Å². The lowest BCUT2D eigenvalue weighted by atomic mass is 10.1. The van der Waals surface area contributed by atoms with Crippen LogP contribution in [0.2, 0.25) is 0 Å². The van der Waals surface area contributed by atoms with E-state index in [1.54, 1.807) is 5.32 Å². The molecular weight excluding hydrogens is 239 g/mol. The Labute approximate surface area is 97.1 Å². The van der Waals surface area contributed by atoms with E-state index in [1.807, 2.05) is 0 Å². The lowest BCUT2D eigenvalue weighted by Gasteiger charge is -2.25. The summed E-state index contributed by atoms with van der Waals surface area (Å²) in [6, 6.07) is 0. The fourth-order valence-electron chi connectivity index (χ4n) is 1.03. The van der Waals surface area contributed by atoms with E-state index in [0.29, 0.717) is 0 Å². The summed E-state index contributed by atoms with van der Waals surface area (Å²) < 4.78 is 35.4. The van der Waals surface area contributed by atoms with Crippen molar-refractivity contribution < 1.29 is 22.8 Å². The molecule has 0 bridgehead atoms. The Morgan fingerprint density at radius 2 is 1.76 bits per heavy atom. The monoisotopic (exact) mass is 255 g/mol. The minimum atomic E-state index is -4.47. The number of nitrogens with one attached hydrogen (secondary N) is 1. The van der Waals surface area contributed by atoms with E-state index < -0.39 is 36.6 Å². The second-order valence-electron chi connectivity index (χ2n) is 4.27. The molecule has 0 heterocycles. The van der Waals surface area contributed by atoms with Crippen LogP contribution in [0.1, 0.15) is 13.8 Å². The maximum Gasteiger partial charge on any atom is 0.405 e. The Morgan fingerprint density at radius 3 is 2.12 bits per heavy atom. The van der Waals surface area contributed by atoms with Crippen LogP contribution in [0.4, 0.5) is 13.2 Å². The minimum Gasteiger partial charge on any atom is -0.345 e. The Morgan fingerprint density at radius 1 is 1.29 bits per heavy atom. The van der Waals surface area contributed by atoms with Gasteiger partial charge in [0.25, 0.3) is 0 Å². The van der Waals surface area contributed by atoms with Gasteiger partial charge < -0.3 is 16.0 Å². The Balaban J connectivity index is 4.18. The summed E-state index contributed by atoms with van der Waals surface area (Å²) in [6.07, 6.45) is -4.47. The first-order valence-corrected chi connectivity index (χ1v) is 4.81. The van der Waals surface area contributed by atoms with Gasteiger partial charge in [-0.05, 0) is 13.8 Å². The summed E-state index contributed by atoms with van der Waals surface area (Å²) >= 11 is 0. The molecule has 0 spiro atoms. The van der Waals surface area contributed by atoms with Crippen LogP contribution in [0.25, 0.3) is 0 Å². The number of halogens is 3. The zero-order valence-electron chi connectivity index (χ0n) is 9.89. The molecule has 0 saturated carbocycles. The Hall–Kier alpha value is -1.31. The number of carbonyl (C=O) groups excluding carboxylic acids is 2. The minimum absolute atomic E-state index is 0.463. The molecule has 0 aliphatic carbocycles.